The van der Waals surface area contributed by atoms with Crippen LogP contribution in [-0.2, 0) is 10.2 Å². The molecule has 2 nitrogen and oxygen atoms in total. The van der Waals surface area contributed by atoms with Crippen LogP contribution in [0.4, 0.5) is 0 Å². The van der Waals surface area contributed by atoms with E-state index < -0.39 is 0 Å². The number of benzene rings is 1. The summed E-state index contributed by atoms with van der Waals surface area (Å²) in [5.41, 5.74) is 7.98. The zero-order valence-corrected chi connectivity index (χ0v) is 9.12. The Morgan fingerprint density at radius 2 is 2.07 bits per heavy atom. The predicted molar refractivity (Wildman–Crippen MR) is 60.5 cm³/mol. The van der Waals surface area contributed by atoms with E-state index >= 15 is 0 Å². The Bertz CT molecular complexity index is 380. The van der Waals surface area contributed by atoms with Crippen molar-refractivity contribution in [2.75, 3.05) is 0 Å². The Kier molecular flexibility index (Phi) is 2.51. The van der Waals surface area contributed by atoms with Gasteiger partial charge in [0.15, 0.2) is 0 Å². The molecule has 1 aromatic carbocycles. The lowest BCUT2D eigenvalue weighted by atomic mass is 9.61. The molecule has 0 aliphatic heterocycles. The van der Waals surface area contributed by atoms with Crippen molar-refractivity contribution in [2.45, 2.75) is 38.0 Å². The van der Waals surface area contributed by atoms with Crippen LogP contribution in [0.2, 0.25) is 0 Å². The van der Waals surface area contributed by atoms with Crippen molar-refractivity contribution < 1.29 is 4.79 Å². The van der Waals surface area contributed by atoms with Gasteiger partial charge < -0.3 is 5.73 Å². The third-order valence-electron chi connectivity index (χ3n) is 3.54. The molecule has 1 fully saturated rings. The molecular formula is C13H17NO. The maximum atomic E-state index is 11.1. The molecular weight excluding hydrogens is 186 g/mol. The van der Waals surface area contributed by atoms with Gasteiger partial charge in [-0.05, 0) is 30.9 Å². The van der Waals surface area contributed by atoms with Crippen molar-refractivity contribution in [1.82, 2.24) is 0 Å². The Labute approximate surface area is 90.5 Å². The number of rotatable bonds is 3. The summed E-state index contributed by atoms with van der Waals surface area (Å²) in [6.45, 7) is 2.11. The highest BCUT2D eigenvalue weighted by Crippen LogP contribution is 2.47. The first-order valence-corrected chi connectivity index (χ1v) is 5.48. The van der Waals surface area contributed by atoms with Gasteiger partial charge in [-0.3, -0.25) is 4.79 Å². The summed E-state index contributed by atoms with van der Waals surface area (Å²) in [6.07, 6.45) is 3.90. The van der Waals surface area contributed by atoms with Crippen molar-refractivity contribution in [3.8, 4) is 0 Å². The van der Waals surface area contributed by atoms with Crippen molar-refractivity contribution in [2.24, 2.45) is 5.73 Å². The highest BCUT2D eigenvalue weighted by atomic mass is 16.1. The average Bonchev–Trinajstić information content (AvgIpc) is 2.12. The maximum Gasteiger partial charge on any atom is 0.218 e. The minimum atomic E-state index is -0.182. The molecule has 0 aromatic heterocycles. The monoisotopic (exact) mass is 203 g/mol. The normalized spacial score (nSPS) is 18.2. The molecule has 0 radical (unpaired) electrons. The van der Waals surface area contributed by atoms with Gasteiger partial charge in [-0.15, -0.1) is 0 Å². The van der Waals surface area contributed by atoms with E-state index in [1.165, 1.54) is 17.5 Å². The van der Waals surface area contributed by atoms with Crippen molar-refractivity contribution >= 4 is 5.91 Å². The molecule has 0 heterocycles. The lowest BCUT2D eigenvalue weighted by Crippen LogP contribution is -2.39. The maximum absolute atomic E-state index is 11.1. The summed E-state index contributed by atoms with van der Waals surface area (Å²) in [5.74, 6) is -0.182. The highest BCUT2D eigenvalue weighted by molar-refractivity contribution is 5.76. The van der Waals surface area contributed by atoms with Crippen LogP contribution in [-0.4, -0.2) is 5.91 Å². The summed E-state index contributed by atoms with van der Waals surface area (Å²) in [6, 6.07) is 8.33. The van der Waals surface area contributed by atoms with Gasteiger partial charge in [-0.1, -0.05) is 30.7 Å². The van der Waals surface area contributed by atoms with Gasteiger partial charge in [0, 0.05) is 11.8 Å². The second-order valence-corrected chi connectivity index (χ2v) is 4.59. The van der Waals surface area contributed by atoms with E-state index in [1.54, 1.807) is 0 Å². The van der Waals surface area contributed by atoms with Crippen LogP contribution >= 0.6 is 0 Å². The first kappa shape index (κ1) is 10.2. The molecule has 0 spiro atoms. The molecule has 2 N–H and O–H groups in total. The van der Waals surface area contributed by atoms with Crippen LogP contribution in [0.15, 0.2) is 24.3 Å². The number of amides is 1. The van der Waals surface area contributed by atoms with E-state index in [1.807, 2.05) is 12.1 Å². The van der Waals surface area contributed by atoms with Crippen LogP contribution in [0.25, 0.3) is 0 Å². The lowest BCUT2D eigenvalue weighted by Gasteiger charge is -2.42. The van der Waals surface area contributed by atoms with Gasteiger partial charge in [0.1, 0.15) is 0 Å². The lowest BCUT2D eigenvalue weighted by molar-refractivity contribution is -0.120. The fourth-order valence-corrected chi connectivity index (χ4v) is 2.65. The van der Waals surface area contributed by atoms with Crippen molar-refractivity contribution in [1.29, 1.82) is 0 Å². The van der Waals surface area contributed by atoms with Gasteiger partial charge in [-0.2, -0.15) is 0 Å². The topological polar surface area (TPSA) is 43.1 Å². The zero-order chi connectivity index (χ0) is 10.9. The zero-order valence-electron chi connectivity index (χ0n) is 9.12. The molecule has 1 aliphatic carbocycles. The van der Waals surface area contributed by atoms with Crippen LogP contribution in [0.5, 0.6) is 0 Å². The second-order valence-electron chi connectivity index (χ2n) is 4.59. The first-order valence-electron chi connectivity index (χ1n) is 5.48. The van der Waals surface area contributed by atoms with E-state index in [0.717, 1.165) is 12.8 Å². The standard InChI is InChI=1S/C13H17NO/c1-10-5-2-3-6-11(10)13(7-4-8-13)9-12(14)15/h2-3,5-6H,4,7-9H2,1H3,(H2,14,15). The molecule has 0 bridgehead atoms. The van der Waals surface area contributed by atoms with Gasteiger partial charge in [-0.25, -0.2) is 0 Å². The Morgan fingerprint density at radius 1 is 1.40 bits per heavy atom. The van der Waals surface area contributed by atoms with E-state index in [2.05, 4.69) is 19.1 Å². The molecule has 1 aromatic rings. The van der Waals surface area contributed by atoms with Gasteiger partial charge in [0.05, 0.1) is 0 Å². The summed E-state index contributed by atoms with van der Waals surface area (Å²) >= 11 is 0. The molecule has 0 atom stereocenters. The Balaban J connectivity index is 2.34. The highest BCUT2D eigenvalue weighted by Gasteiger charge is 2.40. The summed E-state index contributed by atoms with van der Waals surface area (Å²) in [4.78, 5) is 11.1. The van der Waals surface area contributed by atoms with Crippen molar-refractivity contribution in [3.63, 3.8) is 0 Å². The molecule has 1 saturated carbocycles. The fourth-order valence-electron chi connectivity index (χ4n) is 2.65. The van der Waals surface area contributed by atoms with E-state index in [-0.39, 0.29) is 11.3 Å². The van der Waals surface area contributed by atoms with Gasteiger partial charge in [0.2, 0.25) is 5.91 Å². The first-order chi connectivity index (χ1) is 7.14. The average molecular weight is 203 g/mol. The van der Waals surface area contributed by atoms with E-state index in [4.69, 9.17) is 5.73 Å². The quantitative estimate of drug-likeness (QED) is 0.804. The Morgan fingerprint density at radius 3 is 2.53 bits per heavy atom. The minimum Gasteiger partial charge on any atom is -0.370 e. The molecule has 1 amide bonds. The van der Waals surface area contributed by atoms with Crippen LogP contribution in [0.1, 0.15) is 36.8 Å². The minimum absolute atomic E-state index is 0.0528. The predicted octanol–water partition coefficient (Wildman–Crippen LogP) is 2.29. The van der Waals surface area contributed by atoms with Crippen LogP contribution in [0, 0.1) is 6.92 Å². The molecule has 2 heteroatoms. The number of carbonyl (C=O) groups excluding carboxylic acids is 1. The number of aryl methyl sites for hydroxylation is 1. The number of hydrogen-bond donors (Lipinski definition) is 1. The molecule has 15 heavy (non-hydrogen) atoms. The fraction of sp³-hybridized carbons (Fsp3) is 0.462. The van der Waals surface area contributed by atoms with E-state index in [0.29, 0.717) is 6.42 Å². The third-order valence-corrected chi connectivity index (χ3v) is 3.54. The van der Waals surface area contributed by atoms with Gasteiger partial charge >= 0.3 is 0 Å². The summed E-state index contributed by atoms with van der Waals surface area (Å²) in [7, 11) is 0. The molecule has 80 valence electrons. The Hall–Kier alpha value is -1.31. The van der Waals surface area contributed by atoms with Gasteiger partial charge in [0.25, 0.3) is 0 Å². The number of hydrogen-bond acceptors (Lipinski definition) is 1. The number of nitrogens with two attached hydrogens (primary N) is 1. The summed E-state index contributed by atoms with van der Waals surface area (Å²) in [5, 5.41) is 0. The molecule has 0 unspecified atom stereocenters. The summed E-state index contributed by atoms with van der Waals surface area (Å²) < 4.78 is 0. The SMILES string of the molecule is Cc1ccccc1C1(CC(N)=O)CCC1. The van der Waals surface area contributed by atoms with Crippen molar-refractivity contribution in [3.05, 3.63) is 35.4 Å². The van der Waals surface area contributed by atoms with E-state index in [9.17, 15) is 4.79 Å². The molecule has 2 rings (SSSR count). The third kappa shape index (κ3) is 1.76. The molecule has 1 aliphatic rings. The second kappa shape index (κ2) is 3.69. The number of carbonyl (C=O) groups is 1. The largest absolute Gasteiger partial charge is 0.370 e. The smallest absolute Gasteiger partial charge is 0.218 e. The molecule has 0 saturated heterocycles. The van der Waals surface area contributed by atoms with Crippen LogP contribution in [0.3, 0.4) is 0 Å². The van der Waals surface area contributed by atoms with Crippen LogP contribution < -0.4 is 5.73 Å². The number of primary amides is 1.